The van der Waals surface area contributed by atoms with E-state index in [-0.39, 0.29) is 13.4 Å². The summed E-state index contributed by atoms with van der Waals surface area (Å²) in [6, 6.07) is 127. The Kier molecular flexibility index (Phi) is 11.1. The highest BCUT2D eigenvalue weighted by Gasteiger charge is 2.46. The zero-order valence-electron chi connectivity index (χ0n) is 53.2. The predicted molar refractivity (Wildman–Crippen MR) is 416 cm³/mol. The Bertz CT molecular complexity index is 5930. The number of benzene rings is 16. The summed E-state index contributed by atoms with van der Waals surface area (Å²) in [5, 5.41) is 12.4. The summed E-state index contributed by atoms with van der Waals surface area (Å²) in [4.78, 5) is 10.1. The normalized spacial score (nSPS) is 13.0. The number of hydrogen-bond donors (Lipinski definition) is 0. The molecule has 4 aliphatic heterocycles. The second-order valence-electron chi connectivity index (χ2n) is 26.7. The van der Waals surface area contributed by atoms with Crippen molar-refractivity contribution in [3.8, 4) is 11.4 Å². The van der Waals surface area contributed by atoms with E-state index in [9.17, 15) is 0 Å². The van der Waals surface area contributed by atoms with Gasteiger partial charge in [0.2, 0.25) is 0 Å². The summed E-state index contributed by atoms with van der Waals surface area (Å²) in [6.07, 6.45) is 0. The SMILES string of the molecule is c1ccc(N(c2ccccc2)c2cc3c4c(c2)-n2c5ccccc5c5cccc(c52)B4c2cc4c5cc6c(cc5c5ccccc5c4cc2N3c2ccccc2)N(c2ccccc2)c2cc(N(c3ccccc3)c3ccccc3)cc3c2B6c2cccc4c5ccccc5n-3c24)cc1. The maximum atomic E-state index is 2.63. The molecule has 452 valence electrons. The van der Waals surface area contributed by atoms with Gasteiger partial charge in [-0.05, 0) is 186 Å². The van der Waals surface area contributed by atoms with Gasteiger partial charge in [0.15, 0.2) is 0 Å². The molecule has 0 fully saturated rings. The van der Waals surface area contributed by atoms with E-state index in [1.54, 1.807) is 0 Å². The Morgan fingerprint density at radius 2 is 0.510 bits per heavy atom. The fraction of sp³-hybridized carbons (Fsp3) is 0. The molecule has 0 aliphatic carbocycles. The molecule has 0 spiro atoms. The summed E-state index contributed by atoms with van der Waals surface area (Å²) < 4.78 is 5.19. The van der Waals surface area contributed by atoms with Crippen molar-refractivity contribution < 1.29 is 0 Å². The number of nitrogens with zero attached hydrogens (tertiary/aromatic N) is 6. The number of hydrogen-bond acceptors (Lipinski definition) is 4. The molecular weight excluding hydrogens is 1190 g/mol. The Morgan fingerprint density at radius 1 is 0.204 bits per heavy atom. The summed E-state index contributed by atoms with van der Waals surface area (Å²) >= 11 is 0. The predicted octanol–water partition coefficient (Wildman–Crippen LogP) is 19.5. The second-order valence-corrected chi connectivity index (χ2v) is 26.7. The van der Waals surface area contributed by atoms with Crippen LogP contribution in [-0.4, -0.2) is 22.6 Å². The molecule has 0 unspecified atom stereocenters. The molecule has 0 radical (unpaired) electrons. The molecule has 6 heterocycles. The quantitative estimate of drug-likeness (QED) is 0.112. The van der Waals surface area contributed by atoms with Gasteiger partial charge in [-0.2, -0.15) is 0 Å². The van der Waals surface area contributed by atoms with E-state index in [1.807, 2.05) is 0 Å². The zero-order chi connectivity index (χ0) is 63.8. The number of anilines is 12. The molecule has 0 atom stereocenters. The Balaban J connectivity index is 0.864. The van der Waals surface area contributed by atoms with E-state index in [4.69, 9.17) is 0 Å². The molecule has 6 nitrogen and oxygen atoms in total. The zero-order valence-corrected chi connectivity index (χ0v) is 53.2. The summed E-state index contributed by atoms with van der Waals surface area (Å²) in [5.41, 5.74) is 28.5. The molecule has 0 saturated heterocycles. The maximum absolute atomic E-state index is 2.63. The molecule has 22 rings (SSSR count). The van der Waals surface area contributed by atoms with Crippen LogP contribution in [0.3, 0.4) is 0 Å². The first-order valence-corrected chi connectivity index (χ1v) is 34.1. The summed E-state index contributed by atoms with van der Waals surface area (Å²) in [6.45, 7) is -0.257. The van der Waals surface area contributed by atoms with Crippen LogP contribution in [0.5, 0.6) is 0 Å². The largest absolute Gasteiger partial charge is 0.311 e. The Hall–Kier alpha value is -12.8. The third kappa shape index (κ3) is 7.38. The highest BCUT2D eigenvalue weighted by Crippen LogP contribution is 2.51. The van der Waals surface area contributed by atoms with Gasteiger partial charge in [-0.1, -0.05) is 218 Å². The van der Waals surface area contributed by atoms with E-state index in [0.717, 1.165) is 56.9 Å². The summed E-state index contributed by atoms with van der Waals surface area (Å²) in [5.74, 6) is 0. The average Bonchev–Trinajstić information content (AvgIpc) is 1.25. The van der Waals surface area contributed by atoms with Gasteiger partial charge in [-0.15, -0.1) is 0 Å². The monoisotopic (exact) mass is 1240 g/mol. The standard InChI is InChI=1S/C90H56B2N6/c1-7-27-57(28-8-1)93(58-29-9-2-10-30-58)63-49-83-87-85(51-63)97-79-47-23-21-41-67(79)69-43-25-45-75(89(69)97)91(87)77-53-71-72-54-78-82(56-74(72)66-40-20-19-39-65(66)73(71)55-81(77)95(83)61-35-15-5-16-36-61)96(62-37-17-6-18-38-62)84-50-64(94(59-31-11-3-12-32-59)60-33-13-4-14-34-60)52-86-88(84)92(78)76-46-26-44-70-68-42-22-24-48-80(68)98(86)90(70)76/h1-56H. The van der Waals surface area contributed by atoms with Crippen LogP contribution in [-0.2, 0) is 0 Å². The van der Waals surface area contributed by atoms with Crippen LogP contribution in [0.1, 0.15) is 0 Å². The van der Waals surface area contributed by atoms with Crippen molar-refractivity contribution in [1.29, 1.82) is 0 Å². The smallest absolute Gasteiger partial charge is 0.252 e. The van der Waals surface area contributed by atoms with E-state index in [2.05, 4.69) is 368 Å². The molecule has 16 aromatic carbocycles. The molecule has 0 amide bonds. The summed E-state index contributed by atoms with van der Waals surface area (Å²) in [7, 11) is 0. The molecule has 8 heteroatoms. The lowest BCUT2D eigenvalue weighted by atomic mass is 9.33. The van der Waals surface area contributed by atoms with Gasteiger partial charge in [0, 0.05) is 101 Å². The number of fused-ring (bicyclic) bond motifs is 20. The van der Waals surface area contributed by atoms with E-state index < -0.39 is 0 Å². The molecule has 0 bridgehead atoms. The van der Waals surface area contributed by atoms with Crippen LogP contribution in [0.15, 0.2) is 340 Å². The first kappa shape index (κ1) is 53.6. The van der Waals surface area contributed by atoms with Crippen molar-refractivity contribution in [2.45, 2.75) is 0 Å². The van der Waals surface area contributed by atoms with Crippen LogP contribution in [0.2, 0.25) is 0 Å². The van der Waals surface area contributed by atoms with Crippen LogP contribution < -0.4 is 52.4 Å². The van der Waals surface area contributed by atoms with Gasteiger partial charge >= 0.3 is 0 Å². The van der Waals surface area contributed by atoms with Crippen molar-refractivity contribution in [2.75, 3.05) is 19.6 Å². The molecule has 18 aromatic rings. The van der Waals surface area contributed by atoms with Gasteiger partial charge in [-0.25, -0.2) is 0 Å². The maximum Gasteiger partial charge on any atom is 0.252 e. The molecular formula is C90H56B2N6. The van der Waals surface area contributed by atoms with Crippen LogP contribution in [0.25, 0.3) is 87.3 Å². The van der Waals surface area contributed by atoms with Gasteiger partial charge in [0.25, 0.3) is 13.4 Å². The van der Waals surface area contributed by atoms with Crippen molar-refractivity contribution in [2.24, 2.45) is 0 Å². The molecule has 2 aromatic heterocycles. The second kappa shape index (κ2) is 20.4. The van der Waals surface area contributed by atoms with E-state index in [1.165, 1.54) is 131 Å². The topological polar surface area (TPSA) is 22.8 Å². The Labute approximate surface area is 566 Å². The number of aromatic nitrogens is 2. The average molecular weight is 1240 g/mol. The van der Waals surface area contributed by atoms with Crippen LogP contribution >= 0.6 is 0 Å². The molecule has 0 saturated carbocycles. The first-order valence-electron chi connectivity index (χ1n) is 34.1. The minimum Gasteiger partial charge on any atom is -0.311 e. The Morgan fingerprint density at radius 3 is 0.888 bits per heavy atom. The van der Waals surface area contributed by atoms with Gasteiger partial charge in [0.05, 0.1) is 22.4 Å². The lowest BCUT2D eigenvalue weighted by molar-refractivity contribution is 1.16. The highest BCUT2D eigenvalue weighted by molar-refractivity contribution is 7.01. The third-order valence-electron chi connectivity index (χ3n) is 21.7. The van der Waals surface area contributed by atoms with E-state index >= 15 is 0 Å². The van der Waals surface area contributed by atoms with Crippen molar-refractivity contribution in [3.05, 3.63) is 340 Å². The van der Waals surface area contributed by atoms with Crippen molar-refractivity contribution in [1.82, 2.24) is 9.13 Å². The lowest BCUT2D eigenvalue weighted by Crippen LogP contribution is -2.60. The molecule has 98 heavy (non-hydrogen) atoms. The van der Waals surface area contributed by atoms with Crippen LogP contribution in [0, 0.1) is 0 Å². The van der Waals surface area contributed by atoms with Gasteiger partial charge < -0.3 is 28.7 Å². The lowest BCUT2D eigenvalue weighted by Gasteiger charge is -2.42. The third-order valence-corrected chi connectivity index (χ3v) is 21.7. The van der Waals surface area contributed by atoms with Crippen molar-refractivity contribution in [3.63, 3.8) is 0 Å². The highest BCUT2D eigenvalue weighted by atomic mass is 15.2. The number of rotatable bonds is 8. The number of para-hydroxylation sites is 10. The van der Waals surface area contributed by atoms with Crippen molar-refractivity contribution >= 4 is 190 Å². The molecule has 0 N–H and O–H groups in total. The minimum atomic E-state index is -0.128. The fourth-order valence-corrected chi connectivity index (χ4v) is 17.9. The fourth-order valence-electron chi connectivity index (χ4n) is 17.9. The van der Waals surface area contributed by atoms with Gasteiger partial charge in [-0.3, -0.25) is 0 Å². The first-order chi connectivity index (χ1) is 48.7. The van der Waals surface area contributed by atoms with Gasteiger partial charge in [0.1, 0.15) is 0 Å². The minimum absolute atomic E-state index is 0.128. The van der Waals surface area contributed by atoms with E-state index in [0.29, 0.717) is 0 Å². The molecule has 4 aliphatic rings. The van der Waals surface area contributed by atoms with Crippen LogP contribution in [0.4, 0.5) is 68.2 Å².